The van der Waals surface area contributed by atoms with E-state index in [1.54, 1.807) is 0 Å². The molecular weight excluding hydrogens is 340 g/mol. The van der Waals surface area contributed by atoms with Crippen molar-refractivity contribution >= 4 is 27.6 Å². The van der Waals surface area contributed by atoms with E-state index in [0.717, 1.165) is 42.9 Å². The van der Waals surface area contributed by atoms with Crippen LogP contribution in [0.1, 0.15) is 19.8 Å². The van der Waals surface area contributed by atoms with Crippen molar-refractivity contribution in [2.24, 2.45) is 4.99 Å². The molecular formula is C17H25BrN4. The van der Waals surface area contributed by atoms with E-state index in [-0.39, 0.29) is 0 Å². The molecule has 1 aliphatic heterocycles. The van der Waals surface area contributed by atoms with Crippen LogP contribution < -0.4 is 15.5 Å². The predicted octanol–water partition coefficient (Wildman–Crippen LogP) is 3.16. The molecule has 0 spiro atoms. The maximum absolute atomic E-state index is 4.30. The Morgan fingerprint density at radius 3 is 2.86 bits per heavy atom. The van der Waals surface area contributed by atoms with Gasteiger partial charge in [0.25, 0.3) is 0 Å². The highest BCUT2D eigenvalue weighted by Gasteiger charge is 2.23. The van der Waals surface area contributed by atoms with Gasteiger partial charge in [-0.15, -0.1) is 0 Å². The van der Waals surface area contributed by atoms with Crippen LogP contribution in [-0.4, -0.2) is 38.7 Å². The van der Waals surface area contributed by atoms with Gasteiger partial charge in [-0.05, 0) is 44.0 Å². The van der Waals surface area contributed by atoms with E-state index in [1.165, 1.54) is 5.69 Å². The molecule has 0 radical (unpaired) electrons. The van der Waals surface area contributed by atoms with Gasteiger partial charge in [-0.1, -0.05) is 28.1 Å². The lowest BCUT2D eigenvalue weighted by Gasteiger charge is -2.20. The number of nitrogens with one attached hydrogen (secondary N) is 2. The van der Waals surface area contributed by atoms with Crippen LogP contribution >= 0.6 is 15.9 Å². The molecule has 2 rings (SSSR count). The number of allylic oxidation sites excluding steroid dienone is 1. The summed E-state index contributed by atoms with van der Waals surface area (Å²) in [4.78, 5) is 6.72. The number of guanidine groups is 1. The standard InChI is InChI=1S/C17H25BrN4/c1-3-4-5-11-20-17(19-2)21-15-10-12-22(13-15)16-8-6-14(18)7-9-16/h3-4,6-9,15H,5,10-13H2,1-2H3,(H2,19,20,21)/b4-3+. The fourth-order valence-electron chi connectivity index (χ4n) is 2.59. The van der Waals surface area contributed by atoms with Gasteiger partial charge < -0.3 is 15.5 Å². The highest BCUT2D eigenvalue weighted by molar-refractivity contribution is 9.10. The minimum atomic E-state index is 0.441. The van der Waals surface area contributed by atoms with Crippen molar-refractivity contribution in [3.8, 4) is 0 Å². The molecule has 2 N–H and O–H groups in total. The summed E-state index contributed by atoms with van der Waals surface area (Å²) in [5.74, 6) is 0.896. The normalized spacial score (nSPS) is 19.0. The van der Waals surface area contributed by atoms with Crippen LogP contribution in [0.4, 0.5) is 5.69 Å². The second-order valence-corrected chi connectivity index (χ2v) is 6.32. The summed E-state index contributed by atoms with van der Waals surface area (Å²) in [5, 5.41) is 6.87. The molecule has 1 aromatic rings. The molecule has 1 aromatic carbocycles. The zero-order chi connectivity index (χ0) is 15.8. The third kappa shape index (κ3) is 5.05. The fourth-order valence-corrected chi connectivity index (χ4v) is 2.86. The first-order chi connectivity index (χ1) is 10.7. The molecule has 1 atom stereocenters. The van der Waals surface area contributed by atoms with Crippen LogP contribution in [0.25, 0.3) is 0 Å². The maximum atomic E-state index is 4.30. The van der Waals surface area contributed by atoms with Crippen LogP contribution in [0.3, 0.4) is 0 Å². The van der Waals surface area contributed by atoms with Crippen molar-refractivity contribution in [3.63, 3.8) is 0 Å². The number of anilines is 1. The van der Waals surface area contributed by atoms with Gasteiger partial charge in [0.05, 0.1) is 0 Å². The van der Waals surface area contributed by atoms with Crippen LogP contribution in [-0.2, 0) is 0 Å². The Morgan fingerprint density at radius 1 is 1.41 bits per heavy atom. The van der Waals surface area contributed by atoms with Gasteiger partial charge in [0, 0.05) is 42.9 Å². The van der Waals surface area contributed by atoms with Gasteiger partial charge in [0.2, 0.25) is 0 Å². The smallest absolute Gasteiger partial charge is 0.191 e. The first-order valence-corrected chi connectivity index (χ1v) is 8.61. The molecule has 1 heterocycles. The monoisotopic (exact) mass is 364 g/mol. The highest BCUT2D eigenvalue weighted by Crippen LogP contribution is 2.22. The summed E-state index contributed by atoms with van der Waals surface area (Å²) >= 11 is 3.48. The van der Waals surface area contributed by atoms with E-state index < -0.39 is 0 Å². The first-order valence-electron chi connectivity index (χ1n) is 7.81. The Kier molecular flexibility index (Phi) is 6.77. The summed E-state index contributed by atoms with van der Waals surface area (Å²) in [7, 11) is 1.83. The lowest BCUT2D eigenvalue weighted by Crippen LogP contribution is -2.44. The molecule has 1 fully saturated rings. The summed E-state index contributed by atoms with van der Waals surface area (Å²) in [6.07, 6.45) is 6.38. The molecule has 1 aliphatic rings. The minimum absolute atomic E-state index is 0.441. The molecule has 5 heteroatoms. The van der Waals surface area contributed by atoms with Crippen molar-refractivity contribution < 1.29 is 0 Å². The van der Waals surface area contributed by atoms with E-state index in [4.69, 9.17) is 0 Å². The van der Waals surface area contributed by atoms with Gasteiger partial charge in [-0.3, -0.25) is 4.99 Å². The maximum Gasteiger partial charge on any atom is 0.191 e. The summed E-state index contributed by atoms with van der Waals surface area (Å²) in [5.41, 5.74) is 1.28. The number of benzene rings is 1. The summed E-state index contributed by atoms with van der Waals surface area (Å²) in [6.45, 7) is 5.04. The molecule has 1 unspecified atom stereocenters. The van der Waals surface area contributed by atoms with E-state index in [2.05, 4.69) is 72.9 Å². The molecule has 1 saturated heterocycles. The average Bonchev–Trinajstić information content (AvgIpc) is 2.99. The number of hydrogen-bond acceptors (Lipinski definition) is 2. The third-order valence-corrected chi connectivity index (χ3v) is 4.31. The van der Waals surface area contributed by atoms with Crippen molar-refractivity contribution in [2.75, 3.05) is 31.6 Å². The largest absolute Gasteiger partial charge is 0.369 e. The van der Waals surface area contributed by atoms with Crippen molar-refractivity contribution in [1.82, 2.24) is 10.6 Å². The molecule has 0 aromatic heterocycles. The number of halogens is 1. The number of hydrogen-bond donors (Lipinski definition) is 2. The van der Waals surface area contributed by atoms with Gasteiger partial charge in [0.15, 0.2) is 5.96 Å². The SMILES string of the molecule is C/C=C/CCNC(=NC)NC1CCN(c2ccc(Br)cc2)C1. The highest BCUT2D eigenvalue weighted by atomic mass is 79.9. The molecule has 0 aliphatic carbocycles. The zero-order valence-corrected chi connectivity index (χ0v) is 14.9. The van der Waals surface area contributed by atoms with Gasteiger partial charge in [0.1, 0.15) is 0 Å². The van der Waals surface area contributed by atoms with Gasteiger partial charge >= 0.3 is 0 Å². The Bertz CT molecular complexity index is 510. The second-order valence-electron chi connectivity index (χ2n) is 5.41. The van der Waals surface area contributed by atoms with Crippen molar-refractivity contribution in [3.05, 3.63) is 40.9 Å². The number of aliphatic imine (C=N–C) groups is 1. The van der Waals surface area contributed by atoms with Crippen LogP contribution in [0.2, 0.25) is 0 Å². The topological polar surface area (TPSA) is 39.7 Å². The Hall–Kier alpha value is -1.49. The van der Waals surface area contributed by atoms with Gasteiger partial charge in [-0.2, -0.15) is 0 Å². The minimum Gasteiger partial charge on any atom is -0.369 e. The third-order valence-electron chi connectivity index (χ3n) is 3.78. The van der Waals surface area contributed by atoms with E-state index in [1.807, 2.05) is 14.0 Å². The van der Waals surface area contributed by atoms with Crippen molar-refractivity contribution in [2.45, 2.75) is 25.8 Å². The van der Waals surface area contributed by atoms with E-state index >= 15 is 0 Å². The number of nitrogens with zero attached hydrogens (tertiary/aromatic N) is 2. The fraction of sp³-hybridized carbons (Fsp3) is 0.471. The Labute approximate surface area is 141 Å². The summed E-state index contributed by atoms with van der Waals surface area (Å²) in [6, 6.07) is 8.96. The van der Waals surface area contributed by atoms with Gasteiger partial charge in [-0.25, -0.2) is 0 Å². The first kappa shape index (κ1) is 16.9. The molecule has 0 amide bonds. The molecule has 0 bridgehead atoms. The quantitative estimate of drug-likeness (QED) is 0.365. The molecule has 22 heavy (non-hydrogen) atoms. The Balaban J connectivity index is 1.80. The lowest BCUT2D eigenvalue weighted by atomic mass is 10.2. The Morgan fingerprint density at radius 2 is 2.18 bits per heavy atom. The predicted molar refractivity (Wildman–Crippen MR) is 98.7 cm³/mol. The zero-order valence-electron chi connectivity index (χ0n) is 13.3. The van der Waals surface area contributed by atoms with E-state index in [0.29, 0.717) is 6.04 Å². The van der Waals surface area contributed by atoms with Crippen molar-refractivity contribution in [1.29, 1.82) is 0 Å². The van der Waals surface area contributed by atoms with E-state index in [9.17, 15) is 0 Å². The number of rotatable bonds is 5. The average molecular weight is 365 g/mol. The molecule has 0 saturated carbocycles. The van der Waals surface area contributed by atoms with Crippen LogP contribution in [0.15, 0.2) is 45.9 Å². The summed E-state index contributed by atoms with van der Waals surface area (Å²) < 4.78 is 1.12. The van der Waals surface area contributed by atoms with Crippen LogP contribution in [0, 0.1) is 0 Å². The second kappa shape index (κ2) is 8.83. The molecule has 4 nitrogen and oxygen atoms in total. The lowest BCUT2D eigenvalue weighted by molar-refractivity contribution is 0.649. The molecule has 120 valence electrons. The van der Waals surface area contributed by atoms with Crippen LogP contribution in [0.5, 0.6) is 0 Å².